The van der Waals surface area contributed by atoms with Gasteiger partial charge in [-0.25, -0.2) is 9.78 Å². The van der Waals surface area contributed by atoms with Crippen LogP contribution in [-0.4, -0.2) is 27.2 Å². The molecule has 2 heterocycles. The van der Waals surface area contributed by atoms with Crippen LogP contribution in [0.15, 0.2) is 59.5 Å². The summed E-state index contributed by atoms with van der Waals surface area (Å²) in [4.78, 5) is 33.2. The fourth-order valence-electron chi connectivity index (χ4n) is 2.94. The highest BCUT2D eigenvalue weighted by Gasteiger charge is 2.31. The lowest BCUT2D eigenvalue weighted by Crippen LogP contribution is -2.18. The number of ether oxygens (including phenoxy) is 2. The number of H-pyrrole nitrogens is 2. The number of carbonyl (C=O) groups is 1. The molecule has 8 nitrogen and oxygen atoms in total. The van der Waals surface area contributed by atoms with E-state index in [2.05, 4.69) is 25.0 Å². The minimum Gasteiger partial charge on any atom is -0.455 e. The molecule has 0 saturated heterocycles. The van der Waals surface area contributed by atoms with Gasteiger partial charge in [-0.15, -0.1) is 13.2 Å². The molecule has 11 heteroatoms. The predicted molar refractivity (Wildman–Crippen MR) is 109 cm³/mol. The smallest absolute Gasteiger partial charge is 0.455 e. The van der Waals surface area contributed by atoms with Crippen molar-refractivity contribution < 1.29 is 27.4 Å². The third-order valence-electron chi connectivity index (χ3n) is 4.38. The third-order valence-corrected chi connectivity index (χ3v) is 4.38. The quantitative estimate of drug-likeness (QED) is 0.420. The number of amides is 1. The van der Waals surface area contributed by atoms with Gasteiger partial charge in [0.25, 0.3) is 5.91 Å². The molecular formula is C21H15F3N4O4. The third kappa shape index (κ3) is 4.72. The number of imidazole rings is 1. The number of hydrogen-bond acceptors (Lipinski definition) is 5. The molecule has 0 atom stereocenters. The van der Waals surface area contributed by atoms with Crippen molar-refractivity contribution in [3.8, 4) is 17.2 Å². The normalized spacial score (nSPS) is 11.4. The minimum absolute atomic E-state index is 0.0180. The second-order valence-corrected chi connectivity index (χ2v) is 6.72. The van der Waals surface area contributed by atoms with Gasteiger partial charge in [0.1, 0.15) is 17.0 Å². The summed E-state index contributed by atoms with van der Waals surface area (Å²) in [5.41, 5.74) is 1.36. The fraction of sp³-hybridized carbons (Fsp3) is 0.0952. The molecule has 0 aliphatic heterocycles. The Labute approximate surface area is 178 Å². The van der Waals surface area contributed by atoms with Crippen LogP contribution in [0.5, 0.6) is 17.2 Å². The van der Waals surface area contributed by atoms with Gasteiger partial charge >= 0.3 is 12.1 Å². The highest BCUT2D eigenvalue weighted by atomic mass is 19.4. The van der Waals surface area contributed by atoms with Crippen LogP contribution in [-0.2, 0) is 0 Å². The maximum Gasteiger partial charge on any atom is 0.573 e. The van der Waals surface area contributed by atoms with Gasteiger partial charge in [-0.2, -0.15) is 0 Å². The molecule has 0 aliphatic carbocycles. The van der Waals surface area contributed by atoms with Crippen LogP contribution < -0.4 is 20.5 Å². The first-order valence-corrected chi connectivity index (χ1v) is 9.20. The lowest BCUT2D eigenvalue weighted by atomic mass is 10.1. The van der Waals surface area contributed by atoms with E-state index >= 15 is 0 Å². The van der Waals surface area contributed by atoms with Gasteiger partial charge in [-0.3, -0.25) is 9.78 Å². The first kappa shape index (κ1) is 21.0. The Morgan fingerprint density at radius 2 is 1.88 bits per heavy atom. The van der Waals surface area contributed by atoms with E-state index in [-0.39, 0.29) is 5.56 Å². The number of aromatic amines is 2. The average Bonchev–Trinajstić information content (AvgIpc) is 3.10. The van der Waals surface area contributed by atoms with E-state index in [4.69, 9.17) is 4.74 Å². The summed E-state index contributed by atoms with van der Waals surface area (Å²) in [5, 5.41) is 2.61. The van der Waals surface area contributed by atoms with Crippen LogP contribution in [0.3, 0.4) is 0 Å². The van der Waals surface area contributed by atoms with Gasteiger partial charge in [0.15, 0.2) is 11.4 Å². The van der Waals surface area contributed by atoms with Gasteiger partial charge in [-0.05, 0) is 36.8 Å². The summed E-state index contributed by atoms with van der Waals surface area (Å²) < 4.78 is 47.0. The van der Waals surface area contributed by atoms with Crippen molar-refractivity contribution in [2.45, 2.75) is 13.3 Å². The molecular weight excluding hydrogens is 429 g/mol. The number of nitrogens with zero attached hydrogens (tertiary/aromatic N) is 1. The van der Waals surface area contributed by atoms with Gasteiger partial charge in [0.2, 0.25) is 0 Å². The minimum atomic E-state index is -4.86. The zero-order chi connectivity index (χ0) is 22.9. The number of anilines is 1. The molecule has 164 valence electrons. The highest BCUT2D eigenvalue weighted by Crippen LogP contribution is 2.31. The Morgan fingerprint density at radius 3 is 2.66 bits per heavy atom. The van der Waals surface area contributed by atoms with Crippen LogP contribution in [0, 0.1) is 6.92 Å². The molecule has 4 rings (SSSR count). The summed E-state index contributed by atoms with van der Waals surface area (Å²) in [6.45, 7) is 1.79. The summed E-state index contributed by atoms with van der Waals surface area (Å²) in [7, 11) is 0. The molecule has 0 fully saturated rings. The SMILES string of the molecule is Cc1ccc(NC(=O)c2cccc(OC(F)(F)F)c2)cc1Oc1ccnc2[nH]c(=O)[nH]c12. The molecule has 4 aromatic rings. The Kier molecular flexibility index (Phi) is 5.31. The first-order chi connectivity index (χ1) is 15.2. The van der Waals surface area contributed by atoms with Crippen molar-refractivity contribution in [3.05, 3.63) is 76.3 Å². The topological polar surface area (TPSA) is 109 Å². The first-order valence-electron chi connectivity index (χ1n) is 9.20. The molecule has 0 saturated carbocycles. The van der Waals surface area contributed by atoms with Gasteiger partial charge in [0.05, 0.1) is 0 Å². The van der Waals surface area contributed by atoms with Crippen LogP contribution in [0.1, 0.15) is 15.9 Å². The zero-order valence-electron chi connectivity index (χ0n) is 16.4. The van der Waals surface area contributed by atoms with Crippen molar-refractivity contribution in [2.24, 2.45) is 0 Å². The maximum absolute atomic E-state index is 12.5. The van der Waals surface area contributed by atoms with Gasteiger partial charge in [0, 0.05) is 29.6 Å². The number of halogens is 3. The number of alkyl halides is 3. The van der Waals surface area contributed by atoms with Crippen LogP contribution in [0.25, 0.3) is 11.2 Å². The number of hydrogen-bond donors (Lipinski definition) is 3. The van der Waals surface area contributed by atoms with Crippen molar-refractivity contribution in [1.82, 2.24) is 15.0 Å². The number of rotatable bonds is 5. The average molecular weight is 444 g/mol. The predicted octanol–water partition coefficient (Wildman–Crippen LogP) is 4.50. The maximum atomic E-state index is 12.5. The van der Waals surface area contributed by atoms with E-state index in [0.717, 1.165) is 17.7 Å². The number of nitrogens with one attached hydrogen (secondary N) is 3. The number of aromatic nitrogens is 3. The Hall–Kier alpha value is -4.28. The van der Waals surface area contributed by atoms with Crippen molar-refractivity contribution in [1.29, 1.82) is 0 Å². The second-order valence-electron chi connectivity index (χ2n) is 6.72. The molecule has 32 heavy (non-hydrogen) atoms. The lowest BCUT2D eigenvalue weighted by Gasteiger charge is -2.13. The highest BCUT2D eigenvalue weighted by molar-refractivity contribution is 6.04. The van der Waals surface area contributed by atoms with Crippen LogP contribution >= 0.6 is 0 Å². The second kappa shape index (κ2) is 8.10. The van der Waals surface area contributed by atoms with Crippen molar-refractivity contribution in [3.63, 3.8) is 0 Å². The van der Waals surface area contributed by atoms with Crippen LogP contribution in [0.4, 0.5) is 18.9 Å². The van der Waals surface area contributed by atoms with Crippen LogP contribution in [0.2, 0.25) is 0 Å². The Morgan fingerprint density at radius 1 is 1.06 bits per heavy atom. The number of fused-ring (bicyclic) bond motifs is 1. The number of pyridine rings is 1. The number of carbonyl (C=O) groups excluding carboxylic acids is 1. The van der Waals surface area contributed by atoms with E-state index in [1.807, 2.05) is 0 Å². The zero-order valence-corrected chi connectivity index (χ0v) is 16.4. The Bertz CT molecular complexity index is 1360. The summed E-state index contributed by atoms with van der Waals surface area (Å²) in [6, 6.07) is 11.2. The van der Waals surface area contributed by atoms with E-state index in [1.54, 1.807) is 31.2 Å². The van der Waals surface area contributed by atoms with Crippen molar-refractivity contribution >= 4 is 22.8 Å². The van der Waals surface area contributed by atoms with E-state index in [1.165, 1.54) is 18.3 Å². The molecule has 3 N–H and O–H groups in total. The molecule has 0 aliphatic rings. The molecule has 1 amide bonds. The van der Waals surface area contributed by atoms with E-state index in [0.29, 0.717) is 28.4 Å². The van der Waals surface area contributed by atoms with Gasteiger partial charge < -0.3 is 19.8 Å². The van der Waals surface area contributed by atoms with Crippen molar-refractivity contribution in [2.75, 3.05) is 5.32 Å². The summed E-state index contributed by atoms with van der Waals surface area (Å²) in [5.74, 6) is -0.391. The number of aryl methyl sites for hydroxylation is 1. The Balaban J connectivity index is 1.56. The van der Waals surface area contributed by atoms with Gasteiger partial charge in [-0.1, -0.05) is 12.1 Å². The largest absolute Gasteiger partial charge is 0.573 e. The summed E-state index contributed by atoms with van der Waals surface area (Å²) >= 11 is 0. The molecule has 0 spiro atoms. The summed E-state index contributed by atoms with van der Waals surface area (Å²) in [6.07, 6.45) is -3.39. The fourth-order valence-corrected chi connectivity index (χ4v) is 2.94. The molecule has 0 bridgehead atoms. The lowest BCUT2D eigenvalue weighted by molar-refractivity contribution is -0.274. The number of benzene rings is 2. The molecule has 2 aromatic heterocycles. The standard InChI is InChI=1S/C21H15F3N4O4/c1-11-5-6-13(26-19(29)12-3-2-4-14(9-12)32-21(22,23)24)10-16(11)31-15-7-8-25-18-17(15)27-20(30)28-18/h2-10H,1H3,(H,26,29)(H2,25,27,28,30). The molecule has 0 radical (unpaired) electrons. The molecule has 0 unspecified atom stereocenters. The van der Waals surface area contributed by atoms with E-state index < -0.39 is 23.7 Å². The molecule has 2 aromatic carbocycles. The monoisotopic (exact) mass is 444 g/mol. The van der Waals surface area contributed by atoms with E-state index in [9.17, 15) is 22.8 Å².